The van der Waals surface area contributed by atoms with Crippen LogP contribution in [0, 0.1) is 22.2 Å². The number of hydrogen-bond donors (Lipinski definition) is 0. The first kappa shape index (κ1) is 42.5. The van der Waals surface area contributed by atoms with Crippen molar-refractivity contribution in [1.82, 2.24) is 9.80 Å². The molecule has 0 amide bonds. The Morgan fingerprint density at radius 1 is 0.667 bits per heavy atom. The van der Waals surface area contributed by atoms with E-state index in [0.717, 1.165) is 45.2 Å². The Morgan fingerprint density at radius 3 is 2.14 bits per heavy atom. The zero-order chi connectivity index (χ0) is 45.4. The van der Waals surface area contributed by atoms with Crippen LogP contribution in [-0.4, -0.2) is 37.0 Å². The van der Waals surface area contributed by atoms with Crippen molar-refractivity contribution in [3.63, 3.8) is 0 Å². The maximum Gasteiger partial charge on any atom is 0.0522 e. The van der Waals surface area contributed by atoms with Crippen LogP contribution >= 0.6 is 0 Å². The highest BCUT2D eigenvalue weighted by molar-refractivity contribution is 5.99. The Balaban J connectivity index is 0.873. The number of benzene rings is 4. The van der Waals surface area contributed by atoms with Gasteiger partial charge in [-0.2, -0.15) is 0 Å². The lowest BCUT2D eigenvalue weighted by molar-refractivity contribution is 0.180. The zero-order valence-electron chi connectivity index (χ0n) is 40.2. The summed E-state index contributed by atoms with van der Waals surface area (Å²) in [6.07, 6.45) is 37.7. The summed E-state index contributed by atoms with van der Waals surface area (Å²) in [6, 6.07) is 36.2. The number of likely N-dealkylation sites (N-methyl/N-ethyl adjacent to an activating group) is 2. The Morgan fingerprint density at radius 2 is 1.35 bits per heavy atom. The van der Waals surface area contributed by atoms with E-state index in [2.05, 4.69) is 235 Å². The predicted octanol–water partition coefficient (Wildman–Crippen LogP) is 11.7. The Labute approximate surface area is 393 Å². The van der Waals surface area contributed by atoms with Gasteiger partial charge in [0.25, 0.3) is 0 Å². The molecule has 0 bridgehead atoms. The molecule has 2 nitrogen and oxygen atoms in total. The van der Waals surface area contributed by atoms with Crippen molar-refractivity contribution in [2.24, 2.45) is 22.2 Å². The van der Waals surface area contributed by atoms with Crippen LogP contribution in [-0.2, 0) is 5.41 Å². The first-order valence-corrected chi connectivity index (χ1v) is 24.8. The zero-order valence-corrected chi connectivity index (χ0v) is 40.2. The van der Waals surface area contributed by atoms with Crippen molar-refractivity contribution < 1.29 is 0 Å². The van der Waals surface area contributed by atoms with Gasteiger partial charge in [0.05, 0.1) is 5.70 Å². The molecule has 0 aromatic heterocycles. The van der Waals surface area contributed by atoms with Crippen LogP contribution in [0.4, 0.5) is 0 Å². The highest BCUT2D eigenvalue weighted by Gasteiger charge is 2.57. The predicted molar refractivity (Wildman–Crippen MR) is 280 cm³/mol. The summed E-state index contributed by atoms with van der Waals surface area (Å²) in [5.74, 6) is 0.741. The molecule has 2 heterocycles. The fraction of sp³-hybridized carbons (Fsp3) is 0.312. The van der Waals surface area contributed by atoms with Gasteiger partial charge in [-0.1, -0.05) is 216 Å². The monoisotopic (exact) mass is 863 g/mol. The molecule has 0 saturated carbocycles. The third-order valence-electron chi connectivity index (χ3n) is 17.3. The fourth-order valence-electron chi connectivity index (χ4n) is 13.5. The summed E-state index contributed by atoms with van der Waals surface area (Å²) in [5.41, 5.74) is 15.5. The van der Waals surface area contributed by atoms with Gasteiger partial charge in [0.15, 0.2) is 0 Å². The first-order chi connectivity index (χ1) is 32.0. The van der Waals surface area contributed by atoms with Gasteiger partial charge in [-0.25, -0.2) is 0 Å². The third-order valence-corrected chi connectivity index (χ3v) is 17.3. The molecule has 5 aliphatic carbocycles. The average Bonchev–Trinajstić information content (AvgIpc) is 3.56. The molecule has 0 fully saturated rings. The van der Waals surface area contributed by atoms with Gasteiger partial charge in [0.1, 0.15) is 0 Å². The van der Waals surface area contributed by atoms with Crippen LogP contribution in [0.25, 0.3) is 34.7 Å². The van der Waals surface area contributed by atoms with E-state index in [1.807, 2.05) is 0 Å². The van der Waals surface area contributed by atoms with Crippen LogP contribution < -0.4 is 20.9 Å². The minimum Gasteiger partial charge on any atom is -0.373 e. The molecular formula is C64H66N2. The molecule has 4 aromatic carbocycles. The smallest absolute Gasteiger partial charge is 0.0522 e. The Hall–Kier alpha value is -6.12. The molecule has 2 aliphatic heterocycles. The lowest BCUT2D eigenvalue weighted by Gasteiger charge is -2.43. The minimum absolute atomic E-state index is 0.0308. The van der Waals surface area contributed by atoms with E-state index >= 15 is 0 Å². The number of fused-ring (bicyclic) bond motifs is 6. The second-order valence-corrected chi connectivity index (χ2v) is 21.1. The number of rotatable bonds is 8. The lowest BCUT2D eigenvalue weighted by Crippen LogP contribution is -2.40. The normalized spacial score (nSPS) is 28.1. The highest BCUT2D eigenvalue weighted by Crippen LogP contribution is 2.67. The van der Waals surface area contributed by atoms with Crippen molar-refractivity contribution in [3.8, 4) is 0 Å². The number of hydrogen-bond acceptors (Lipinski definition) is 2. The van der Waals surface area contributed by atoms with E-state index in [-0.39, 0.29) is 21.7 Å². The van der Waals surface area contributed by atoms with Gasteiger partial charge < -0.3 is 9.80 Å². The molecule has 2 heteroatoms. The fourth-order valence-corrected chi connectivity index (χ4v) is 13.5. The first-order valence-electron chi connectivity index (χ1n) is 24.8. The van der Waals surface area contributed by atoms with Crippen molar-refractivity contribution in [3.05, 3.63) is 224 Å². The third kappa shape index (κ3) is 6.64. The standard InChI is InChI=1S/C64H66N2/c1-8-64(9-2)57-43-61(3,38-39-62(4)36-31-54(52-24-16-17-25-55(52)62)60-50-22-13-11-19-46(50)34-41-66(60)7)35-32-56(57)63(5)37-30-44(42-58(63)64)26-27-47-28-29-53(51-23-15-14-20-48(47)51)59-49-21-12-10-18-45(49)33-40-65(59)6/h10-28,30-35,37-39,42,53,58H,8-9,29,36,40-41,43H2,1-7H3. The largest absolute Gasteiger partial charge is 0.373 e. The second kappa shape index (κ2) is 16.0. The van der Waals surface area contributed by atoms with Gasteiger partial charge >= 0.3 is 0 Å². The molecule has 0 saturated heterocycles. The van der Waals surface area contributed by atoms with Gasteiger partial charge in [-0.05, 0) is 92.8 Å². The van der Waals surface area contributed by atoms with E-state index in [9.17, 15) is 0 Å². The SMILES string of the molecule is CCC1(CC)C2=C(C=CC(C)(C=CC3(C)CC=C(C4=c5ccccc5=CCN4C)c4ccccc43)C2)C2(C)C=CC(C=CC3=CCC(C4=c5ccccc5=CCN4C)c4ccccc43)=CC21. The van der Waals surface area contributed by atoms with Crippen LogP contribution in [0.1, 0.15) is 94.9 Å². The highest BCUT2D eigenvalue weighted by atomic mass is 15.1. The number of allylic oxidation sites excluding steroid dienone is 15. The van der Waals surface area contributed by atoms with Crippen LogP contribution in [0.3, 0.4) is 0 Å². The van der Waals surface area contributed by atoms with Crippen LogP contribution in [0.15, 0.2) is 181 Å². The van der Waals surface area contributed by atoms with E-state index in [1.165, 1.54) is 71.2 Å². The summed E-state index contributed by atoms with van der Waals surface area (Å²) in [7, 11) is 4.50. The van der Waals surface area contributed by atoms with E-state index in [0.29, 0.717) is 11.8 Å². The molecule has 7 aliphatic rings. The summed E-state index contributed by atoms with van der Waals surface area (Å²) >= 11 is 0. The molecule has 5 unspecified atom stereocenters. The lowest BCUT2D eigenvalue weighted by atomic mass is 9.60. The molecule has 0 radical (unpaired) electrons. The minimum atomic E-state index is -0.107. The van der Waals surface area contributed by atoms with E-state index < -0.39 is 0 Å². The topological polar surface area (TPSA) is 6.48 Å². The average molecular weight is 863 g/mol. The van der Waals surface area contributed by atoms with Gasteiger partial charge in [-0.15, -0.1) is 0 Å². The quantitative estimate of drug-likeness (QED) is 0.163. The molecule has 11 rings (SSSR count). The maximum atomic E-state index is 2.66. The second-order valence-electron chi connectivity index (χ2n) is 21.1. The molecule has 66 heavy (non-hydrogen) atoms. The summed E-state index contributed by atoms with van der Waals surface area (Å²) in [5, 5.41) is 5.40. The number of nitrogens with zero attached hydrogens (tertiary/aromatic N) is 2. The van der Waals surface area contributed by atoms with Crippen molar-refractivity contribution >= 4 is 34.7 Å². The van der Waals surface area contributed by atoms with Crippen molar-refractivity contribution in [2.45, 2.75) is 78.1 Å². The summed E-state index contributed by atoms with van der Waals surface area (Å²) in [6.45, 7) is 14.2. The van der Waals surface area contributed by atoms with Crippen LogP contribution in [0.5, 0.6) is 0 Å². The Bertz CT molecular complexity index is 3190. The van der Waals surface area contributed by atoms with Crippen LogP contribution in [0.2, 0.25) is 0 Å². The Kier molecular flexibility index (Phi) is 10.3. The molecule has 332 valence electrons. The summed E-state index contributed by atoms with van der Waals surface area (Å²) < 4.78 is 0. The summed E-state index contributed by atoms with van der Waals surface area (Å²) in [4.78, 5) is 4.89. The van der Waals surface area contributed by atoms with Gasteiger partial charge in [-0.3, -0.25) is 0 Å². The molecule has 0 spiro atoms. The van der Waals surface area contributed by atoms with Crippen molar-refractivity contribution in [1.29, 1.82) is 0 Å². The molecule has 4 aromatic rings. The van der Waals surface area contributed by atoms with E-state index in [1.54, 1.807) is 11.1 Å². The molecular weight excluding hydrogens is 797 g/mol. The maximum absolute atomic E-state index is 2.66. The van der Waals surface area contributed by atoms with Gasteiger partial charge in [0.2, 0.25) is 0 Å². The molecule has 5 atom stereocenters. The van der Waals surface area contributed by atoms with E-state index in [4.69, 9.17) is 0 Å². The van der Waals surface area contributed by atoms with Crippen molar-refractivity contribution in [2.75, 3.05) is 27.2 Å². The van der Waals surface area contributed by atoms with Gasteiger partial charge in [0, 0.05) is 71.1 Å². The molecule has 0 N–H and O–H groups in total.